The second-order valence-electron chi connectivity index (χ2n) is 6.81. The van der Waals surface area contributed by atoms with Crippen molar-refractivity contribution in [1.29, 1.82) is 0 Å². The van der Waals surface area contributed by atoms with E-state index < -0.39 is 0 Å². The highest BCUT2D eigenvalue weighted by Crippen LogP contribution is 2.34. The number of nitrogens with one attached hydrogen (secondary N) is 2. The predicted octanol–water partition coefficient (Wildman–Crippen LogP) is 2.39. The molecule has 0 saturated carbocycles. The number of benzene rings is 1. The van der Waals surface area contributed by atoms with Crippen molar-refractivity contribution in [3.05, 3.63) is 17.7 Å². The van der Waals surface area contributed by atoms with Crippen LogP contribution in [0.15, 0.2) is 17.1 Å². The molecule has 2 rings (SSSR count). The zero-order chi connectivity index (χ0) is 21.9. The Hall–Kier alpha value is -2.84. The van der Waals surface area contributed by atoms with E-state index in [4.69, 9.17) is 23.9 Å². The quantitative estimate of drug-likeness (QED) is 0.491. The van der Waals surface area contributed by atoms with Crippen molar-refractivity contribution in [3.8, 4) is 17.2 Å². The van der Waals surface area contributed by atoms with E-state index in [2.05, 4.69) is 10.6 Å². The van der Waals surface area contributed by atoms with E-state index in [1.807, 2.05) is 26.0 Å². The van der Waals surface area contributed by atoms with Gasteiger partial charge in [-0.05, 0) is 26.7 Å². The van der Waals surface area contributed by atoms with Crippen LogP contribution in [0.3, 0.4) is 0 Å². The third-order valence-electron chi connectivity index (χ3n) is 4.92. The third-order valence-corrected chi connectivity index (χ3v) is 4.92. The Balaban J connectivity index is 2.06. The van der Waals surface area contributed by atoms with E-state index in [9.17, 15) is 4.79 Å². The SMILES string of the molecule is CCNC(=NCc1c(OC)cc(OC)cc1OC)NC1CCN(C(=O)OCC)CC1. The maximum atomic E-state index is 11.9. The van der Waals surface area contributed by atoms with Crippen LogP contribution in [0.25, 0.3) is 0 Å². The average molecular weight is 423 g/mol. The average Bonchev–Trinajstić information content (AvgIpc) is 2.77. The lowest BCUT2D eigenvalue weighted by Crippen LogP contribution is -2.49. The topological polar surface area (TPSA) is 93.7 Å². The number of ether oxygens (including phenoxy) is 4. The first kappa shape index (κ1) is 23.4. The van der Waals surface area contributed by atoms with Gasteiger partial charge >= 0.3 is 6.09 Å². The molecule has 9 nitrogen and oxygen atoms in total. The van der Waals surface area contributed by atoms with Crippen molar-refractivity contribution in [2.75, 3.05) is 47.6 Å². The summed E-state index contributed by atoms with van der Waals surface area (Å²) < 4.78 is 21.4. The summed E-state index contributed by atoms with van der Waals surface area (Å²) in [7, 11) is 4.83. The smallest absolute Gasteiger partial charge is 0.409 e. The number of aliphatic imine (C=N–C) groups is 1. The number of methoxy groups -OCH3 is 3. The summed E-state index contributed by atoms with van der Waals surface area (Å²) in [4.78, 5) is 18.3. The molecule has 1 aromatic rings. The van der Waals surface area contributed by atoms with Gasteiger partial charge in [-0.3, -0.25) is 0 Å². The molecule has 168 valence electrons. The molecule has 30 heavy (non-hydrogen) atoms. The number of guanidine groups is 1. The Bertz CT molecular complexity index is 692. The van der Waals surface area contributed by atoms with Crippen LogP contribution < -0.4 is 24.8 Å². The molecule has 0 aliphatic carbocycles. The standard InChI is InChI=1S/C21H34N4O5/c1-6-22-20(24-15-8-10-25(11-9-15)21(26)30-7-2)23-14-17-18(28-4)12-16(27-3)13-19(17)29-5/h12-13,15H,6-11,14H2,1-5H3,(H2,22,23,24). The van der Waals surface area contributed by atoms with E-state index >= 15 is 0 Å². The summed E-state index contributed by atoms with van der Waals surface area (Å²) in [6.07, 6.45) is 1.42. The molecule has 9 heteroatoms. The van der Waals surface area contributed by atoms with Crippen molar-refractivity contribution >= 4 is 12.1 Å². The van der Waals surface area contributed by atoms with Crippen molar-refractivity contribution in [2.24, 2.45) is 4.99 Å². The zero-order valence-corrected chi connectivity index (χ0v) is 18.6. The molecule has 1 fully saturated rings. The third kappa shape index (κ3) is 6.33. The van der Waals surface area contributed by atoms with Crippen LogP contribution in [-0.2, 0) is 11.3 Å². The highest BCUT2D eigenvalue weighted by Gasteiger charge is 2.24. The van der Waals surface area contributed by atoms with Crippen LogP contribution in [0, 0.1) is 0 Å². The number of hydrogen-bond donors (Lipinski definition) is 2. The maximum Gasteiger partial charge on any atom is 0.409 e. The van der Waals surface area contributed by atoms with Crippen molar-refractivity contribution < 1.29 is 23.7 Å². The van der Waals surface area contributed by atoms with Crippen molar-refractivity contribution in [1.82, 2.24) is 15.5 Å². The Morgan fingerprint density at radius 2 is 1.73 bits per heavy atom. The van der Waals surface area contributed by atoms with Crippen molar-refractivity contribution in [2.45, 2.75) is 39.3 Å². The molecular weight excluding hydrogens is 388 g/mol. The summed E-state index contributed by atoms with van der Waals surface area (Å²) in [6, 6.07) is 3.87. The van der Waals surface area contributed by atoms with E-state index in [1.54, 1.807) is 26.2 Å². The molecule has 1 heterocycles. The molecule has 0 spiro atoms. The van der Waals surface area contributed by atoms with Crippen molar-refractivity contribution in [3.63, 3.8) is 0 Å². The Kier molecular flexibility index (Phi) is 9.37. The molecule has 1 aromatic carbocycles. The summed E-state index contributed by atoms with van der Waals surface area (Å²) in [6.45, 7) is 6.68. The van der Waals surface area contributed by atoms with Gasteiger partial charge in [-0.2, -0.15) is 0 Å². The minimum absolute atomic E-state index is 0.230. The number of likely N-dealkylation sites (tertiary alicyclic amines) is 1. The number of rotatable bonds is 8. The highest BCUT2D eigenvalue weighted by atomic mass is 16.6. The van der Waals surface area contributed by atoms with E-state index in [1.165, 1.54) is 0 Å². The fourth-order valence-electron chi connectivity index (χ4n) is 3.33. The highest BCUT2D eigenvalue weighted by molar-refractivity contribution is 5.80. The van der Waals surface area contributed by atoms with Crippen LogP contribution in [0.2, 0.25) is 0 Å². The summed E-state index contributed by atoms with van der Waals surface area (Å²) in [5.41, 5.74) is 0.843. The second-order valence-corrected chi connectivity index (χ2v) is 6.81. The van der Waals surface area contributed by atoms with E-state index in [0.29, 0.717) is 49.4 Å². The molecule has 0 unspecified atom stereocenters. The number of carbonyl (C=O) groups is 1. The van der Waals surface area contributed by atoms with Crippen LogP contribution in [-0.4, -0.2) is 70.6 Å². The van der Waals surface area contributed by atoms with Crippen LogP contribution >= 0.6 is 0 Å². The van der Waals surface area contributed by atoms with Crippen LogP contribution in [0.4, 0.5) is 4.79 Å². The lowest BCUT2D eigenvalue weighted by atomic mass is 10.1. The number of nitrogens with zero attached hydrogens (tertiary/aromatic N) is 2. The Morgan fingerprint density at radius 3 is 2.23 bits per heavy atom. The van der Waals surface area contributed by atoms with Gasteiger partial charge in [0.2, 0.25) is 0 Å². The van der Waals surface area contributed by atoms with Crippen LogP contribution in [0.5, 0.6) is 17.2 Å². The molecule has 1 saturated heterocycles. The first-order valence-corrected chi connectivity index (χ1v) is 10.3. The fraction of sp³-hybridized carbons (Fsp3) is 0.619. The minimum Gasteiger partial charge on any atom is -0.496 e. The van der Waals surface area contributed by atoms with Gasteiger partial charge in [0, 0.05) is 37.8 Å². The molecule has 2 N–H and O–H groups in total. The fourth-order valence-corrected chi connectivity index (χ4v) is 3.33. The number of carbonyl (C=O) groups excluding carboxylic acids is 1. The number of hydrogen-bond acceptors (Lipinski definition) is 6. The Morgan fingerprint density at radius 1 is 1.10 bits per heavy atom. The largest absolute Gasteiger partial charge is 0.496 e. The maximum absolute atomic E-state index is 11.9. The molecule has 0 bridgehead atoms. The van der Waals surface area contributed by atoms with Crippen LogP contribution in [0.1, 0.15) is 32.3 Å². The summed E-state index contributed by atoms with van der Waals surface area (Å²) in [5.74, 6) is 2.70. The molecule has 0 aromatic heterocycles. The van der Waals surface area contributed by atoms with Gasteiger partial charge in [0.05, 0.1) is 40.0 Å². The predicted molar refractivity (Wildman–Crippen MR) is 116 cm³/mol. The lowest BCUT2D eigenvalue weighted by molar-refractivity contribution is 0.0963. The molecule has 1 aliphatic heterocycles. The monoisotopic (exact) mass is 422 g/mol. The molecule has 0 radical (unpaired) electrons. The molecule has 1 aliphatic rings. The second kappa shape index (κ2) is 12.0. The lowest BCUT2D eigenvalue weighted by Gasteiger charge is -2.32. The first-order valence-electron chi connectivity index (χ1n) is 10.3. The Labute approximate surface area is 178 Å². The van der Waals surface area contributed by atoms with Gasteiger partial charge in [0.1, 0.15) is 17.2 Å². The minimum atomic E-state index is -0.241. The zero-order valence-electron chi connectivity index (χ0n) is 18.6. The molecule has 1 amide bonds. The number of piperidine rings is 1. The molecular formula is C21H34N4O5. The van der Waals surface area contributed by atoms with E-state index in [0.717, 1.165) is 24.9 Å². The first-order chi connectivity index (χ1) is 14.6. The van der Waals surface area contributed by atoms with Gasteiger partial charge in [-0.25, -0.2) is 9.79 Å². The molecule has 0 atom stereocenters. The van der Waals surface area contributed by atoms with Gasteiger partial charge in [0.15, 0.2) is 5.96 Å². The summed E-state index contributed by atoms with van der Waals surface area (Å²) in [5, 5.41) is 6.75. The van der Waals surface area contributed by atoms with Gasteiger partial charge in [0.25, 0.3) is 0 Å². The normalized spacial score (nSPS) is 14.8. The number of amides is 1. The van der Waals surface area contributed by atoms with Gasteiger partial charge in [-0.15, -0.1) is 0 Å². The van der Waals surface area contributed by atoms with Gasteiger partial charge < -0.3 is 34.5 Å². The van der Waals surface area contributed by atoms with Gasteiger partial charge in [-0.1, -0.05) is 0 Å². The van der Waals surface area contributed by atoms with E-state index in [-0.39, 0.29) is 12.1 Å². The summed E-state index contributed by atoms with van der Waals surface area (Å²) >= 11 is 0.